The lowest BCUT2D eigenvalue weighted by molar-refractivity contribution is -0.276. The van der Waals surface area contributed by atoms with Crippen molar-refractivity contribution in [3.05, 3.63) is 23.0 Å². The molecule has 0 saturated carbocycles. The summed E-state index contributed by atoms with van der Waals surface area (Å²) in [7, 11) is 0. The number of hydrogen-bond donors (Lipinski definition) is 0. The summed E-state index contributed by atoms with van der Waals surface area (Å²) < 4.78 is 84.0. The molecule has 0 aromatic carbocycles. The predicted molar refractivity (Wildman–Crippen MR) is 65.8 cm³/mol. The molecule has 0 spiro atoms. The van der Waals surface area contributed by atoms with Crippen LogP contribution in [0.2, 0.25) is 0 Å². The molecule has 0 aliphatic rings. The van der Waals surface area contributed by atoms with Crippen LogP contribution in [0.15, 0.2) is 6.07 Å². The second kappa shape index (κ2) is 7.24. The molecular formula is C12H10ClF6NO3. The third-order valence-corrected chi connectivity index (χ3v) is 2.65. The molecule has 11 heteroatoms. The van der Waals surface area contributed by atoms with Gasteiger partial charge in [0.15, 0.2) is 5.75 Å². The smallest absolute Gasteiger partial charge is 0.466 e. The fraction of sp³-hybridized carbons (Fsp3) is 0.500. The van der Waals surface area contributed by atoms with Crippen LogP contribution in [0, 0.1) is 0 Å². The van der Waals surface area contributed by atoms with Gasteiger partial charge in [-0.1, -0.05) is 0 Å². The number of esters is 1. The molecule has 0 saturated heterocycles. The second-order valence-electron chi connectivity index (χ2n) is 4.10. The van der Waals surface area contributed by atoms with Crippen LogP contribution in [0.25, 0.3) is 0 Å². The van der Waals surface area contributed by atoms with Crippen LogP contribution in [0.5, 0.6) is 5.75 Å². The summed E-state index contributed by atoms with van der Waals surface area (Å²) in [6.45, 7) is 1.32. The van der Waals surface area contributed by atoms with Crippen molar-refractivity contribution in [1.29, 1.82) is 0 Å². The van der Waals surface area contributed by atoms with Crippen LogP contribution in [0.1, 0.15) is 23.9 Å². The van der Waals surface area contributed by atoms with E-state index in [0.29, 0.717) is 6.07 Å². The van der Waals surface area contributed by atoms with E-state index in [0.717, 1.165) is 0 Å². The predicted octanol–water partition coefficient (Wildman–Crippen LogP) is 3.84. The average Bonchev–Trinajstić information content (AvgIpc) is 2.37. The number of halogens is 7. The number of hydrogen-bond acceptors (Lipinski definition) is 4. The number of pyridine rings is 1. The van der Waals surface area contributed by atoms with E-state index < -0.39 is 47.8 Å². The number of carbonyl (C=O) groups excluding carboxylic acids is 1. The number of carbonyl (C=O) groups is 1. The Bertz CT molecular complexity index is 573. The fourth-order valence-corrected chi connectivity index (χ4v) is 1.76. The summed E-state index contributed by atoms with van der Waals surface area (Å²) in [5.41, 5.74) is -2.93. The number of nitrogens with zero attached hydrogens (tertiary/aromatic N) is 1. The van der Waals surface area contributed by atoms with Crippen LogP contribution in [-0.4, -0.2) is 23.9 Å². The lowest BCUT2D eigenvalue weighted by Crippen LogP contribution is -2.23. The molecule has 0 N–H and O–H groups in total. The van der Waals surface area contributed by atoms with E-state index in [-0.39, 0.29) is 12.3 Å². The minimum atomic E-state index is -5.40. The number of ether oxygens (including phenoxy) is 2. The first-order valence-corrected chi connectivity index (χ1v) is 6.58. The zero-order chi connectivity index (χ0) is 17.8. The van der Waals surface area contributed by atoms with Gasteiger partial charge in [0, 0.05) is 0 Å². The maximum absolute atomic E-state index is 13.0. The molecule has 1 heterocycles. The van der Waals surface area contributed by atoms with E-state index >= 15 is 0 Å². The standard InChI is InChI=1S/C12H10ClF6NO3/c1-2-22-9(21)4-8-10(23-12(17,18)19)7(11(14,15)16)3-6(5-13)20-8/h3H,2,4-5H2,1H3. The maximum Gasteiger partial charge on any atom is 0.573 e. The highest BCUT2D eigenvalue weighted by molar-refractivity contribution is 6.16. The van der Waals surface area contributed by atoms with Gasteiger partial charge >= 0.3 is 18.5 Å². The van der Waals surface area contributed by atoms with Crippen molar-refractivity contribution < 1.29 is 40.6 Å². The highest BCUT2D eigenvalue weighted by Gasteiger charge is 2.41. The van der Waals surface area contributed by atoms with Gasteiger partial charge in [-0.3, -0.25) is 9.78 Å². The van der Waals surface area contributed by atoms with Crippen molar-refractivity contribution in [3.8, 4) is 5.75 Å². The maximum atomic E-state index is 13.0. The van der Waals surface area contributed by atoms with E-state index in [9.17, 15) is 31.1 Å². The lowest BCUT2D eigenvalue weighted by atomic mass is 10.1. The largest absolute Gasteiger partial charge is 0.573 e. The average molecular weight is 366 g/mol. The zero-order valence-electron chi connectivity index (χ0n) is 11.5. The van der Waals surface area contributed by atoms with E-state index in [1.807, 2.05) is 0 Å². The molecule has 1 rings (SSSR count). The van der Waals surface area contributed by atoms with Crippen molar-refractivity contribution in [2.24, 2.45) is 0 Å². The Morgan fingerprint density at radius 1 is 1.26 bits per heavy atom. The summed E-state index contributed by atoms with van der Waals surface area (Å²) in [4.78, 5) is 14.9. The molecule has 0 unspecified atom stereocenters. The molecule has 23 heavy (non-hydrogen) atoms. The molecular weight excluding hydrogens is 356 g/mol. The summed E-state index contributed by atoms with van der Waals surface area (Å²) >= 11 is 5.40. The van der Waals surface area contributed by atoms with E-state index in [4.69, 9.17) is 11.6 Å². The van der Waals surface area contributed by atoms with Crippen molar-refractivity contribution in [3.63, 3.8) is 0 Å². The normalized spacial score (nSPS) is 12.2. The topological polar surface area (TPSA) is 48.4 Å². The Morgan fingerprint density at radius 2 is 1.87 bits per heavy atom. The molecule has 1 aromatic heterocycles. The van der Waals surface area contributed by atoms with Crippen molar-refractivity contribution in [1.82, 2.24) is 4.98 Å². The monoisotopic (exact) mass is 365 g/mol. The van der Waals surface area contributed by atoms with Crippen LogP contribution < -0.4 is 4.74 Å². The molecule has 4 nitrogen and oxygen atoms in total. The van der Waals surface area contributed by atoms with E-state index in [1.54, 1.807) is 0 Å². The van der Waals surface area contributed by atoms with Crippen LogP contribution in [0.3, 0.4) is 0 Å². The summed E-state index contributed by atoms with van der Waals surface area (Å²) in [5, 5.41) is 0. The minimum absolute atomic E-state index is 0.102. The van der Waals surface area contributed by atoms with E-state index in [2.05, 4.69) is 14.5 Å². The molecule has 0 atom stereocenters. The molecule has 0 amide bonds. The van der Waals surface area contributed by atoms with Gasteiger partial charge in [-0.05, 0) is 13.0 Å². The third-order valence-electron chi connectivity index (χ3n) is 2.37. The lowest BCUT2D eigenvalue weighted by Gasteiger charge is -2.19. The molecule has 130 valence electrons. The number of rotatable bonds is 5. The summed E-state index contributed by atoms with van der Waals surface area (Å²) in [6.07, 6.45) is -11.5. The SMILES string of the molecule is CCOC(=O)Cc1nc(CCl)cc(C(F)(F)F)c1OC(F)(F)F. The Hall–Kier alpha value is -1.71. The first kappa shape index (κ1) is 19.3. The van der Waals surface area contributed by atoms with Gasteiger partial charge in [0.05, 0.1) is 30.3 Å². The van der Waals surface area contributed by atoms with Crippen LogP contribution >= 0.6 is 11.6 Å². The summed E-state index contributed by atoms with van der Waals surface area (Å²) in [5.74, 6) is -3.13. The second-order valence-corrected chi connectivity index (χ2v) is 4.37. The highest BCUT2D eigenvalue weighted by atomic mass is 35.5. The molecule has 0 aliphatic heterocycles. The Kier molecular flexibility index (Phi) is 6.09. The molecule has 0 fully saturated rings. The molecule has 0 radical (unpaired) electrons. The number of alkyl halides is 7. The van der Waals surface area contributed by atoms with Gasteiger partial charge in [0.1, 0.15) is 5.56 Å². The van der Waals surface area contributed by atoms with Crippen LogP contribution in [-0.2, 0) is 28.0 Å². The van der Waals surface area contributed by atoms with Gasteiger partial charge in [0.2, 0.25) is 0 Å². The number of aromatic nitrogens is 1. The van der Waals surface area contributed by atoms with Crippen molar-refractivity contribution >= 4 is 17.6 Å². The van der Waals surface area contributed by atoms with E-state index in [1.165, 1.54) is 6.92 Å². The quantitative estimate of drug-likeness (QED) is 0.452. The zero-order valence-corrected chi connectivity index (χ0v) is 12.3. The Morgan fingerprint density at radius 3 is 2.30 bits per heavy atom. The first-order valence-electron chi connectivity index (χ1n) is 6.05. The van der Waals surface area contributed by atoms with Gasteiger partial charge < -0.3 is 9.47 Å². The fourth-order valence-electron chi connectivity index (χ4n) is 1.62. The third kappa shape index (κ3) is 5.77. The molecule has 0 aliphatic carbocycles. The van der Waals surface area contributed by atoms with Gasteiger partial charge in [-0.25, -0.2) is 0 Å². The Balaban J connectivity index is 3.46. The minimum Gasteiger partial charge on any atom is -0.466 e. The van der Waals surface area contributed by atoms with Gasteiger partial charge in [-0.15, -0.1) is 24.8 Å². The summed E-state index contributed by atoms with van der Waals surface area (Å²) in [6, 6.07) is 0.336. The molecule has 1 aromatic rings. The molecule has 0 bridgehead atoms. The first-order chi connectivity index (χ1) is 10.5. The van der Waals surface area contributed by atoms with Crippen molar-refractivity contribution in [2.75, 3.05) is 6.61 Å². The highest BCUT2D eigenvalue weighted by Crippen LogP contribution is 2.40. The van der Waals surface area contributed by atoms with Crippen LogP contribution in [0.4, 0.5) is 26.3 Å². The van der Waals surface area contributed by atoms with Crippen molar-refractivity contribution in [2.45, 2.75) is 31.8 Å². The van der Waals surface area contributed by atoms with Gasteiger partial charge in [0.25, 0.3) is 0 Å². The Labute approximate surface area is 131 Å². The van der Waals surface area contributed by atoms with Gasteiger partial charge in [-0.2, -0.15) is 13.2 Å².